The summed E-state index contributed by atoms with van der Waals surface area (Å²) in [6, 6.07) is 0. The number of nitrogens with zero attached hydrogens (tertiary/aromatic N) is 2. The molecule has 0 atom stereocenters. The highest BCUT2D eigenvalue weighted by Crippen LogP contribution is 2.05. The molecule has 2 heteroatoms. The Morgan fingerprint density at radius 2 is 0.944 bits per heavy atom. The Morgan fingerprint density at radius 3 is 1.33 bits per heavy atom. The second-order valence-electron chi connectivity index (χ2n) is 4.71. The average Bonchev–Trinajstić information content (AvgIpc) is 2.39. The first-order valence-electron chi connectivity index (χ1n) is 7.47. The number of unbranched alkanes of at least 4 members (excludes halogenated alkanes) is 8. The van der Waals surface area contributed by atoms with Crippen molar-refractivity contribution in [2.24, 2.45) is 10.2 Å². The molecular weight excluding hydrogens is 220 g/mol. The quantitative estimate of drug-likeness (QED) is 0.214. The summed E-state index contributed by atoms with van der Waals surface area (Å²) < 4.78 is 0. The van der Waals surface area contributed by atoms with Crippen molar-refractivity contribution in [3.8, 4) is 0 Å². The molecule has 0 aliphatic carbocycles. The molecule has 0 aromatic heterocycles. The molecule has 0 unspecified atom stereocenters. The van der Waals surface area contributed by atoms with Gasteiger partial charge in [0.25, 0.3) is 0 Å². The maximum Gasteiger partial charge on any atom is 0.0598 e. The highest BCUT2D eigenvalue weighted by Gasteiger charge is 1.89. The number of rotatable bonds is 14. The third-order valence-corrected chi connectivity index (χ3v) is 2.93. The van der Waals surface area contributed by atoms with Crippen molar-refractivity contribution in [2.45, 2.75) is 64.2 Å². The van der Waals surface area contributed by atoms with Crippen LogP contribution in [0.25, 0.3) is 0 Å². The zero-order chi connectivity index (χ0) is 13.3. The minimum atomic E-state index is 0.907. The van der Waals surface area contributed by atoms with E-state index in [4.69, 9.17) is 0 Å². The molecule has 0 radical (unpaired) electrons. The molecule has 0 fully saturated rings. The van der Waals surface area contributed by atoms with Crippen LogP contribution in [0.4, 0.5) is 0 Å². The standard InChI is InChI=1S/C16H30N2/c1-3-5-7-9-11-13-15-17-18-16-14-12-10-8-6-4-2/h3-4H,1-2,5-16H2. The Morgan fingerprint density at radius 1 is 0.556 bits per heavy atom. The summed E-state index contributed by atoms with van der Waals surface area (Å²) in [5, 5.41) is 8.42. The van der Waals surface area contributed by atoms with Crippen LogP contribution >= 0.6 is 0 Å². The van der Waals surface area contributed by atoms with E-state index in [0.717, 1.165) is 25.9 Å². The Hall–Kier alpha value is -0.920. The third-order valence-electron chi connectivity index (χ3n) is 2.93. The number of allylic oxidation sites excluding steroid dienone is 2. The minimum Gasteiger partial charge on any atom is -0.194 e. The van der Waals surface area contributed by atoms with Gasteiger partial charge in [0.2, 0.25) is 0 Å². The van der Waals surface area contributed by atoms with Crippen molar-refractivity contribution in [2.75, 3.05) is 13.1 Å². The van der Waals surface area contributed by atoms with Crippen molar-refractivity contribution >= 4 is 0 Å². The second kappa shape index (κ2) is 16.1. The first-order valence-corrected chi connectivity index (χ1v) is 7.47. The predicted octanol–water partition coefficient (Wildman–Crippen LogP) is 5.71. The van der Waals surface area contributed by atoms with Gasteiger partial charge in [-0.2, -0.15) is 10.2 Å². The van der Waals surface area contributed by atoms with Crippen LogP contribution in [-0.4, -0.2) is 13.1 Å². The Balaban J connectivity index is 3.04. The summed E-state index contributed by atoms with van der Waals surface area (Å²) in [6.07, 6.45) is 16.3. The zero-order valence-electron chi connectivity index (χ0n) is 11.9. The maximum absolute atomic E-state index is 4.21. The van der Waals surface area contributed by atoms with E-state index < -0.39 is 0 Å². The van der Waals surface area contributed by atoms with Crippen molar-refractivity contribution in [3.63, 3.8) is 0 Å². The van der Waals surface area contributed by atoms with E-state index in [1.54, 1.807) is 0 Å². The van der Waals surface area contributed by atoms with Crippen LogP contribution in [0.3, 0.4) is 0 Å². The van der Waals surface area contributed by atoms with E-state index in [-0.39, 0.29) is 0 Å². The molecule has 0 aliphatic heterocycles. The van der Waals surface area contributed by atoms with Gasteiger partial charge in [0, 0.05) is 0 Å². The molecule has 0 saturated carbocycles. The van der Waals surface area contributed by atoms with E-state index in [1.165, 1.54) is 51.4 Å². The normalized spacial score (nSPS) is 10.9. The van der Waals surface area contributed by atoms with E-state index in [1.807, 2.05) is 12.2 Å². The van der Waals surface area contributed by atoms with E-state index >= 15 is 0 Å². The van der Waals surface area contributed by atoms with Crippen molar-refractivity contribution in [1.82, 2.24) is 0 Å². The molecule has 0 saturated heterocycles. The molecule has 0 aliphatic rings. The topological polar surface area (TPSA) is 24.7 Å². The number of azo groups is 1. The Labute approximate surface area is 113 Å². The van der Waals surface area contributed by atoms with Crippen LogP contribution in [0, 0.1) is 0 Å². The first-order chi connectivity index (χ1) is 8.91. The van der Waals surface area contributed by atoms with Gasteiger partial charge < -0.3 is 0 Å². The smallest absolute Gasteiger partial charge is 0.0598 e. The fraction of sp³-hybridized carbons (Fsp3) is 0.750. The van der Waals surface area contributed by atoms with Crippen LogP contribution in [0.2, 0.25) is 0 Å². The van der Waals surface area contributed by atoms with Crippen LogP contribution in [0.15, 0.2) is 35.5 Å². The van der Waals surface area contributed by atoms with Gasteiger partial charge in [-0.3, -0.25) is 0 Å². The van der Waals surface area contributed by atoms with Gasteiger partial charge in [-0.25, -0.2) is 0 Å². The zero-order valence-corrected chi connectivity index (χ0v) is 11.9. The summed E-state index contributed by atoms with van der Waals surface area (Å²) >= 11 is 0. The molecule has 18 heavy (non-hydrogen) atoms. The molecule has 104 valence electrons. The van der Waals surface area contributed by atoms with E-state index in [9.17, 15) is 0 Å². The lowest BCUT2D eigenvalue weighted by Gasteiger charge is -1.97. The van der Waals surface area contributed by atoms with Gasteiger partial charge in [0.05, 0.1) is 13.1 Å². The molecule has 0 heterocycles. The summed E-state index contributed by atoms with van der Waals surface area (Å²) in [7, 11) is 0. The number of hydrogen-bond donors (Lipinski definition) is 0. The van der Waals surface area contributed by atoms with Crippen LogP contribution in [0.1, 0.15) is 64.2 Å². The molecule has 0 aromatic carbocycles. The molecule has 0 amide bonds. The fourth-order valence-electron chi connectivity index (χ4n) is 1.79. The van der Waals surface area contributed by atoms with Gasteiger partial charge >= 0.3 is 0 Å². The van der Waals surface area contributed by atoms with Crippen molar-refractivity contribution < 1.29 is 0 Å². The summed E-state index contributed by atoms with van der Waals surface area (Å²) in [5.74, 6) is 0. The first kappa shape index (κ1) is 17.1. The molecule has 0 bridgehead atoms. The molecule has 2 nitrogen and oxygen atoms in total. The lowest BCUT2D eigenvalue weighted by atomic mass is 10.1. The van der Waals surface area contributed by atoms with Gasteiger partial charge in [-0.1, -0.05) is 37.8 Å². The molecule has 0 rings (SSSR count). The molecule has 0 N–H and O–H groups in total. The highest BCUT2D eigenvalue weighted by molar-refractivity contribution is 4.66. The molecular formula is C16H30N2. The van der Waals surface area contributed by atoms with Crippen molar-refractivity contribution in [1.29, 1.82) is 0 Å². The molecule has 0 spiro atoms. The maximum atomic E-state index is 4.21. The lowest BCUT2D eigenvalue weighted by Crippen LogP contribution is -1.84. The minimum absolute atomic E-state index is 0.907. The lowest BCUT2D eigenvalue weighted by molar-refractivity contribution is 0.622. The largest absolute Gasteiger partial charge is 0.194 e. The Bertz CT molecular complexity index is 187. The monoisotopic (exact) mass is 250 g/mol. The summed E-state index contributed by atoms with van der Waals surface area (Å²) in [5.41, 5.74) is 0. The van der Waals surface area contributed by atoms with E-state index in [0.29, 0.717) is 0 Å². The van der Waals surface area contributed by atoms with Gasteiger partial charge in [0.15, 0.2) is 0 Å². The molecule has 0 aromatic rings. The van der Waals surface area contributed by atoms with Gasteiger partial charge in [0.1, 0.15) is 0 Å². The van der Waals surface area contributed by atoms with Crippen molar-refractivity contribution in [3.05, 3.63) is 25.3 Å². The fourth-order valence-corrected chi connectivity index (χ4v) is 1.79. The van der Waals surface area contributed by atoms with E-state index in [2.05, 4.69) is 23.4 Å². The van der Waals surface area contributed by atoms with Gasteiger partial charge in [-0.15, -0.1) is 13.2 Å². The van der Waals surface area contributed by atoms with Crippen LogP contribution < -0.4 is 0 Å². The summed E-state index contributed by atoms with van der Waals surface area (Å²) in [4.78, 5) is 0. The highest BCUT2D eigenvalue weighted by atomic mass is 15.1. The average molecular weight is 250 g/mol. The number of hydrogen-bond acceptors (Lipinski definition) is 2. The van der Waals surface area contributed by atoms with Crippen LogP contribution in [0.5, 0.6) is 0 Å². The second-order valence-corrected chi connectivity index (χ2v) is 4.71. The van der Waals surface area contributed by atoms with Gasteiger partial charge in [-0.05, 0) is 38.5 Å². The summed E-state index contributed by atoms with van der Waals surface area (Å²) in [6.45, 7) is 9.26. The third kappa shape index (κ3) is 15.1. The SMILES string of the molecule is C=CCCCCCCN=NCCCCCCC=C. The Kier molecular flexibility index (Phi) is 15.3. The predicted molar refractivity (Wildman–Crippen MR) is 81.2 cm³/mol. The van der Waals surface area contributed by atoms with Crippen LogP contribution in [-0.2, 0) is 0 Å².